The summed E-state index contributed by atoms with van der Waals surface area (Å²) >= 11 is 0. The van der Waals surface area contributed by atoms with Gasteiger partial charge in [-0.3, -0.25) is 9.59 Å². The van der Waals surface area contributed by atoms with Gasteiger partial charge in [-0.1, -0.05) is 64.4 Å². The number of hydrogen-bond donors (Lipinski definition) is 1. The topological polar surface area (TPSA) is 65.6 Å². The number of nitrogens with zero attached hydrogens (tertiary/aromatic N) is 2. The van der Waals surface area contributed by atoms with Gasteiger partial charge in [0.05, 0.1) is 13.7 Å². The van der Waals surface area contributed by atoms with Gasteiger partial charge in [-0.25, -0.2) is 0 Å². The lowest BCUT2D eigenvalue weighted by atomic mass is 9.91. The fourth-order valence-electron chi connectivity index (χ4n) is 4.31. The lowest BCUT2D eigenvalue weighted by molar-refractivity contribution is -0.142. The zero-order valence-corrected chi connectivity index (χ0v) is 22.5. The van der Waals surface area contributed by atoms with Crippen molar-refractivity contribution in [3.8, 4) is 5.75 Å². The van der Waals surface area contributed by atoms with E-state index in [1.165, 1.54) is 10.9 Å². The number of aromatic amines is 1. The summed E-state index contributed by atoms with van der Waals surface area (Å²) in [5.41, 5.74) is 3.19. The Morgan fingerprint density at radius 3 is 2.33 bits per heavy atom. The second-order valence-electron chi connectivity index (χ2n) is 10.7. The standard InChI is InChI=1S/C30H41N3O3/c1-6-7-17-32(28(34)19-30(2,3)4)22-29(35)33(21-23-12-14-25(36-5)15-13-23)18-16-24-20-31-27-11-9-8-10-26(24)27/h8-15,20,31H,6-7,16-19,21-22H2,1-5H3. The number of methoxy groups -OCH3 is 1. The van der Waals surface area contributed by atoms with Gasteiger partial charge >= 0.3 is 0 Å². The van der Waals surface area contributed by atoms with Crippen LogP contribution in [0.1, 0.15) is 58.1 Å². The molecule has 0 aliphatic heterocycles. The van der Waals surface area contributed by atoms with E-state index in [0.717, 1.165) is 36.1 Å². The van der Waals surface area contributed by atoms with Gasteiger partial charge < -0.3 is 19.5 Å². The molecular weight excluding hydrogens is 450 g/mol. The number of carbonyl (C=O) groups is 2. The van der Waals surface area contributed by atoms with Crippen molar-refractivity contribution in [1.82, 2.24) is 14.8 Å². The van der Waals surface area contributed by atoms with Crippen LogP contribution >= 0.6 is 0 Å². The lowest BCUT2D eigenvalue weighted by Gasteiger charge is -2.30. The van der Waals surface area contributed by atoms with Crippen LogP contribution in [0.15, 0.2) is 54.7 Å². The summed E-state index contributed by atoms with van der Waals surface area (Å²) in [6, 6.07) is 16.0. The molecule has 1 N–H and O–H groups in total. The lowest BCUT2D eigenvalue weighted by Crippen LogP contribution is -2.44. The number of fused-ring (bicyclic) bond motifs is 1. The van der Waals surface area contributed by atoms with Crippen LogP contribution in [0.5, 0.6) is 5.75 Å². The molecule has 0 saturated carbocycles. The van der Waals surface area contributed by atoms with Crippen LogP contribution in [0.3, 0.4) is 0 Å². The highest BCUT2D eigenvalue weighted by Gasteiger charge is 2.25. The summed E-state index contributed by atoms with van der Waals surface area (Å²) in [4.78, 5) is 33.7. The Balaban J connectivity index is 1.78. The molecule has 2 aromatic carbocycles. The van der Waals surface area contributed by atoms with Crippen LogP contribution in [0.2, 0.25) is 0 Å². The molecule has 6 heteroatoms. The number of unbranched alkanes of at least 4 members (excludes halogenated alkanes) is 1. The van der Waals surface area contributed by atoms with E-state index in [-0.39, 0.29) is 23.8 Å². The van der Waals surface area contributed by atoms with E-state index in [4.69, 9.17) is 4.74 Å². The normalized spacial score (nSPS) is 11.5. The number of amides is 2. The predicted molar refractivity (Wildman–Crippen MR) is 146 cm³/mol. The predicted octanol–water partition coefficient (Wildman–Crippen LogP) is 5.81. The number of rotatable bonds is 12. The summed E-state index contributed by atoms with van der Waals surface area (Å²) in [6.07, 6.45) is 5.05. The monoisotopic (exact) mass is 491 g/mol. The number of ether oxygens (including phenoxy) is 1. The first-order chi connectivity index (χ1) is 17.2. The number of aromatic nitrogens is 1. The van der Waals surface area contributed by atoms with E-state index in [9.17, 15) is 9.59 Å². The van der Waals surface area contributed by atoms with E-state index in [1.807, 2.05) is 47.5 Å². The van der Waals surface area contributed by atoms with Crippen LogP contribution in [-0.4, -0.2) is 53.3 Å². The maximum absolute atomic E-state index is 13.6. The van der Waals surface area contributed by atoms with Crippen molar-refractivity contribution in [3.63, 3.8) is 0 Å². The highest BCUT2D eigenvalue weighted by molar-refractivity contribution is 5.85. The summed E-state index contributed by atoms with van der Waals surface area (Å²) < 4.78 is 5.29. The van der Waals surface area contributed by atoms with Crippen LogP contribution < -0.4 is 4.74 Å². The number of hydrogen-bond acceptors (Lipinski definition) is 3. The van der Waals surface area contributed by atoms with Crippen LogP contribution in [0.25, 0.3) is 10.9 Å². The molecule has 194 valence electrons. The number of H-pyrrole nitrogens is 1. The zero-order chi connectivity index (χ0) is 26.1. The van der Waals surface area contributed by atoms with Crippen molar-refractivity contribution >= 4 is 22.7 Å². The average molecular weight is 492 g/mol. The number of nitrogens with one attached hydrogen (secondary N) is 1. The van der Waals surface area contributed by atoms with Gasteiger partial charge in [0.25, 0.3) is 0 Å². The largest absolute Gasteiger partial charge is 0.497 e. The second kappa shape index (κ2) is 12.6. The van der Waals surface area contributed by atoms with Gasteiger partial charge in [0.15, 0.2) is 0 Å². The highest BCUT2D eigenvalue weighted by atomic mass is 16.5. The van der Waals surface area contributed by atoms with E-state index in [2.05, 4.69) is 44.8 Å². The smallest absolute Gasteiger partial charge is 0.242 e. The molecule has 6 nitrogen and oxygen atoms in total. The molecule has 0 aliphatic rings. The fraction of sp³-hybridized carbons (Fsp3) is 0.467. The van der Waals surface area contributed by atoms with E-state index in [1.54, 1.807) is 12.0 Å². The van der Waals surface area contributed by atoms with Gasteiger partial charge in [-0.15, -0.1) is 0 Å². The third-order valence-electron chi connectivity index (χ3n) is 6.35. The van der Waals surface area contributed by atoms with Gasteiger partial charge in [-0.2, -0.15) is 0 Å². The summed E-state index contributed by atoms with van der Waals surface area (Å²) in [5, 5.41) is 1.18. The zero-order valence-electron chi connectivity index (χ0n) is 22.5. The Kier molecular flexibility index (Phi) is 9.57. The number of para-hydroxylation sites is 1. The number of carbonyl (C=O) groups excluding carboxylic acids is 2. The van der Waals surface area contributed by atoms with Crippen molar-refractivity contribution in [2.75, 3.05) is 26.7 Å². The second-order valence-corrected chi connectivity index (χ2v) is 10.7. The molecule has 3 rings (SSSR count). The van der Waals surface area contributed by atoms with Crippen molar-refractivity contribution in [1.29, 1.82) is 0 Å². The molecular formula is C30H41N3O3. The Hall–Kier alpha value is -3.28. The minimum atomic E-state index is -0.122. The molecule has 1 heterocycles. The molecule has 0 spiro atoms. The fourth-order valence-corrected chi connectivity index (χ4v) is 4.31. The minimum Gasteiger partial charge on any atom is -0.497 e. The maximum Gasteiger partial charge on any atom is 0.242 e. The molecule has 3 aromatic rings. The molecule has 0 atom stereocenters. The molecule has 2 amide bonds. The summed E-state index contributed by atoms with van der Waals surface area (Å²) in [6.45, 7) is 10.0. The molecule has 0 saturated heterocycles. The Morgan fingerprint density at radius 1 is 0.944 bits per heavy atom. The molecule has 1 aromatic heterocycles. The number of benzene rings is 2. The third-order valence-corrected chi connectivity index (χ3v) is 6.35. The molecule has 0 unspecified atom stereocenters. The van der Waals surface area contributed by atoms with Crippen molar-refractivity contribution in [2.45, 2.75) is 59.9 Å². The van der Waals surface area contributed by atoms with Crippen LogP contribution in [0.4, 0.5) is 0 Å². The molecule has 36 heavy (non-hydrogen) atoms. The van der Waals surface area contributed by atoms with Gasteiger partial charge in [0, 0.05) is 43.2 Å². The quantitative estimate of drug-likeness (QED) is 0.348. The van der Waals surface area contributed by atoms with E-state index < -0.39 is 0 Å². The van der Waals surface area contributed by atoms with Crippen molar-refractivity contribution in [2.24, 2.45) is 5.41 Å². The van der Waals surface area contributed by atoms with Crippen molar-refractivity contribution < 1.29 is 14.3 Å². The highest BCUT2D eigenvalue weighted by Crippen LogP contribution is 2.22. The van der Waals surface area contributed by atoms with E-state index in [0.29, 0.717) is 26.1 Å². The van der Waals surface area contributed by atoms with Crippen molar-refractivity contribution in [3.05, 3.63) is 65.9 Å². The Labute approximate surface area is 215 Å². The average Bonchev–Trinajstić information content (AvgIpc) is 3.26. The summed E-state index contributed by atoms with van der Waals surface area (Å²) in [7, 11) is 1.64. The van der Waals surface area contributed by atoms with Crippen LogP contribution in [0, 0.1) is 5.41 Å². The first kappa shape index (κ1) is 27.3. The first-order valence-corrected chi connectivity index (χ1v) is 12.9. The summed E-state index contributed by atoms with van der Waals surface area (Å²) in [5.74, 6) is 0.809. The molecule has 0 fully saturated rings. The maximum atomic E-state index is 13.6. The molecule has 0 bridgehead atoms. The minimum absolute atomic E-state index is 0.0241. The molecule has 0 radical (unpaired) electrons. The van der Waals surface area contributed by atoms with E-state index >= 15 is 0 Å². The third kappa shape index (κ3) is 7.87. The molecule has 0 aliphatic carbocycles. The SMILES string of the molecule is CCCCN(CC(=O)N(CCc1c[nH]c2ccccc12)Cc1ccc(OC)cc1)C(=O)CC(C)(C)C. The van der Waals surface area contributed by atoms with Gasteiger partial charge in [0.2, 0.25) is 11.8 Å². The van der Waals surface area contributed by atoms with Gasteiger partial charge in [0.1, 0.15) is 5.75 Å². The van der Waals surface area contributed by atoms with Crippen LogP contribution in [-0.2, 0) is 22.6 Å². The Morgan fingerprint density at radius 2 is 1.67 bits per heavy atom. The first-order valence-electron chi connectivity index (χ1n) is 12.9. The van der Waals surface area contributed by atoms with Gasteiger partial charge in [-0.05, 0) is 47.6 Å². The Bertz CT molecular complexity index is 1130.